The number of hydrogen-bond acceptors (Lipinski definition) is 2. The van der Waals surface area contributed by atoms with E-state index in [2.05, 4.69) is 105 Å². The van der Waals surface area contributed by atoms with Crippen LogP contribution in [0.1, 0.15) is 82.8 Å². The highest BCUT2D eigenvalue weighted by atomic mass is 16.4. The van der Waals surface area contributed by atoms with Crippen LogP contribution in [0.15, 0.2) is 115 Å². The highest BCUT2D eigenvalue weighted by Crippen LogP contribution is 2.36. The van der Waals surface area contributed by atoms with Gasteiger partial charge >= 0.3 is 7.12 Å². The lowest BCUT2D eigenvalue weighted by atomic mass is 9.80. The van der Waals surface area contributed by atoms with Crippen LogP contribution in [0.5, 0.6) is 0 Å². The summed E-state index contributed by atoms with van der Waals surface area (Å²) in [5.41, 5.74) is 13.4. The van der Waals surface area contributed by atoms with Crippen LogP contribution in [0.4, 0.5) is 0 Å². The highest BCUT2D eigenvalue weighted by Gasteiger charge is 2.15. The lowest BCUT2D eigenvalue weighted by Gasteiger charge is -2.18. The maximum Gasteiger partial charge on any atom is 0.488 e. The van der Waals surface area contributed by atoms with Crippen molar-refractivity contribution in [2.45, 2.75) is 84.5 Å². The van der Waals surface area contributed by atoms with Crippen molar-refractivity contribution in [1.29, 1.82) is 0 Å². The molecular weight excluding hydrogens is 559 g/mol. The van der Waals surface area contributed by atoms with Gasteiger partial charge in [-0.15, -0.1) is 0 Å². The Labute approximate surface area is 277 Å². The average Bonchev–Trinajstić information content (AvgIpc) is 3.11. The third-order valence-electron chi connectivity index (χ3n) is 9.22. The molecule has 5 aromatic carbocycles. The van der Waals surface area contributed by atoms with Crippen molar-refractivity contribution >= 4 is 12.6 Å². The third-order valence-corrected chi connectivity index (χ3v) is 9.22. The van der Waals surface area contributed by atoms with Crippen molar-refractivity contribution in [1.82, 2.24) is 0 Å². The van der Waals surface area contributed by atoms with Crippen molar-refractivity contribution in [2.24, 2.45) is 0 Å². The van der Waals surface area contributed by atoms with Gasteiger partial charge in [0.1, 0.15) is 0 Å². The molecule has 0 saturated heterocycles. The molecule has 0 radical (unpaired) electrons. The molecule has 2 nitrogen and oxygen atoms in total. The lowest BCUT2D eigenvalue weighted by molar-refractivity contribution is 0.426. The highest BCUT2D eigenvalue weighted by molar-refractivity contribution is 6.58. The largest absolute Gasteiger partial charge is 0.488 e. The van der Waals surface area contributed by atoms with Gasteiger partial charge in [-0.05, 0) is 86.8 Å². The van der Waals surface area contributed by atoms with E-state index in [1.807, 2.05) is 12.1 Å². The van der Waals surface area contributed by atoms with E-state index in [0.717, 1.165) is 24.0 Å². The van der Waals surface area contributed by atoms with Gasteiger partial charge < -0.3 is 10.0 Å². The summed E-state index contributed by atoms with van der Waals surface area (Å²) in [5.74, 6) is 0. The second-order valence-electron chi connectivity index (χ2n) is 12.7. The van der Waals surface area contributed by atoms with E-state index in [1.54, 1.807) is 12.1 Å². The number of unbranched alkanes of at least 4 members (excludes halogenated alkanes) is 7. The molecule has 236 valence electrons. The van der Waals surface area contributed by atoms with Crippen LogP contribution in [-0.2, 0) is 12.8 Å². The Kier molecular flexibility index (Phi) is 12.5. The summed E-state index contributed by atoms with van der Waals surface area (Å²) >= 11 is 0. The van der Waals surface area contributed by atoms with Gasteiger partial charge in [-0.1, -0.05) is 174 Å². The van der Waals surface area contributed by atoms with Gasteiger partial charge in [0.15, 0.2) is 0 Å². The molecule has 0 aromatic heterocycles. The van der Waals surface area contributed by atoms with E-state index in [9.17, 15) is 10.0 Å². The second-order valence-corrected chi connectivity index (χ2v) is 12.7. The normalized spacial score (nSPS) is 11.1. The quantitative estimate of drug-likeness (QED) is 0.0864. The molecule has 2 N–H and O–H groups in total. The van der Waals surface area contributed by atoms with Crippen molar-refractivity contribution in [3.05, 3.63) is 126 Å². The number of hydrogen-bond donors (Lipinski definition) is 2. The van der Waals surface area contributed by atoms with Crippen LogP contribution in [-0.4, -0.2) is 17.2 Å². The summed E-state index contributed by atoms with van der Waals surface area (Å²) < 4.78 is 0. The zero-order valence-corrected chi connectivity index (χ0v) is 27.7. The molecule has 0 heterocycles. The van der Waals surface area contributed by atoms with E-state index in [0.29, 0.717) is 5.46 Å². The zero-order valence-electron chi connectivity index (χ0n) is 27.7. The maximum absolute atomic E-state index is 9.49. The van der Waals surface area contributed by atoms with Crippen molar-refractivity contribution in [3.8, 4) is 44.5 Å². The summed E-state index contributed by atoms with van der Waals surface area (Å²) in [6.07, 6.45) is 13.5. The fourth-order valence-corrected chi connectivity index (χ4v) is 6.46. The Bertz CT molecular complexity index is 1620. The molecule has 5 rings (SSSR count). The predicted molar refractivity (Wildman–Crippen MR) is 198 cm³/mol. The SMILES string of the molecule is CCCCCCCc1cc(-c2ccc(-c3ccccc3)cc2)c(CCCCCC)cc1-c1ccc(-c2ccc(B(O)O)cc2)cc1. The molecule has 0 fully saturated rings. The number of rotatable bonds is 16. The zero-order chi connectivity index (χ0) is 32.1. The van der Waals surface area contributed by atoms with Crippen LogP contribution in [0.25, 0.3) is 44.5 Å². The molecule has 0 aliphatic carbocycles. The minimum absolute atomic E-state index is 0.505. The molecule has 0 amide bonds. The molecule has 0 aliphatic heterocycles. The van der Waals surface area contributed by atoms with Gasteiger partial charge in [0.05, 0.1) is 0 Å². The minimum atomic E-state index is -1.45. The molecule has 0 spiro atoms. The maximum atomic E-state index is 9.49. The molecule has 46 heavy (non-hydrogen) atoms. The first-order valence-electron chi connectivity index (χ1n) is 17.5. The first-order valence-corrected chi connectivity index (χ1v) is 17.5. The second kappa shape index (κ2) is 17.1. The topological polar surface area (TPSA) is 40.5 Å². The molecule has 5 aromatic rings. The van der Waals surface area contributed by atoms with Crippen LogP contribution in [0, 0.1) is 0 Å². The third kappa shape index (κ3) is 8.87. The molecule has 0 unspecified atom stereocenters. The van der Waals surface area contributed by atoms with Gasteiger partial charge in [0.2, 0.25) is 0 Å². The number of aryl methyl sites for hydroxylation is 2. The van der Waals surface area contributed by atoms with E-state index >= 15 is 0 Å². The van der Waals surface area contributed by atoms with Gasteiger partial charge in [-0.25, -0.2) is 0 Å². The summed E-state index contributed by atoms with van der Waals surface area (Å²) in [7, 11) is -1.45. The summed E-state index contributed by atoms with van der Waals surface area (Å²) in [6.45, 7) is 4.56. The van der Waals surface area contributed by atoms with E-state index in [4.69, 9.17) is 0 Å². The molecular formula is C43H49BO2. The summed E-state index contributed by atoms with van der Waals surface area (Å²) in [6, 6.07) is 41.2. The van der Waals surface area contributed by atoms with Crippen LogP contribution >= 0.6 is 0 Å². The van der Waals surface area contributed by atoms with E-state index in [1.165, 1.54) is 102 Å². The Morgan fingerprint density at radius 1 is 0.413 bits per heavy atom. The molecule has 0 aliphatic rings. The van der Waals surface area contributed by atoms with Crippen molar-refractivity contribution in [2.75, 3.05) is 0 Å². The minimum Gasteiger partial charge on any atom is -0.423 e. The van der Waals surface area contributed by atoms with Crippen LogP contribution in [0.2, 0.25) is 0 Å². The van der Waals surface area contributed by atoms with Gasteiger partial charge in [-0.2, -0.15) is 0 Å². The average molecular weight is 609 g/mol. The standard InChI is InChI=1S/C43H49BO2/c1-3-5-7-9-12-18-40-32-42(37-23-19-34(20-24-37)33-15-13-10-14-16-33)39(17-11-8-6-4-2)31-43(40)38-25-21-35(22-26-38)36-27-29-41(30-28-36)44(45)46/h10,13-16,19-32,45-46H,3-9,11-12,17-18H2,1-2H3. The molecule has 0 atom stereocenters. The Morgan fingerprint density at radius 3 is 1.22 bits per heavy atom. The predicted octanol–water partition coefficient (Wildman–Crippen LogP) is 10.7. The fraction of sp³-hybridized carbons (Fsp3) is 0.302. The first kappa shape index (κ1) is 33.4. The van der Waals surface area contributed by atoms with Gasteiger partial charge in [-0.3, -0.25) is 0 Å². The Balaban J connectivity index is 1.51. The van der Waals surface area contributed by atoms with Gasteiger partial charge in [0, 0.05) is 0 Å². The van der Waals surface area contributed by atoms with Crippen LogP contribution in [0.3, 0.4) is 0 Å². The lowest BCUT2D eigenvalue weighted by Crippen LogP contribution is -2.29. The van der Waals surface area contributed by atoms with Crippen molar-refractivity contribution < 1.29 is 10.0 Å². The molecule has 3 heteroatoms. The smallest absolute Gasteiger partial charge is 0.423 e. The summed E-state index contributed by atoms with van der Waals surface area (Å²) in [4.78, 5) is 0. The van der Waals surface area contributed by atoms with Crippen molar-refractivity contribution in [3.63, 3.8) is 0 Å². The van der Waals surface area contributed by atoms with E-state index in [-0.39, 0.29) is 0 Å². The monoisotopic (exact) mass is 608 g/mol. The first-order chi connectivity index (χ1) is 22.6. The molecule has 0 bridgehead atoms. The Morgan fingerprint density at radius 2 is 0.783 bits per heavy atom. The summed E-state index contributed by atoms with van der Waals surface area (Å²) in [5, 5.41) is 19.0. The fourth-order valence-electron chi connectivity index (χ4n) is 6.46. The Hall–Kier alpha value is -3.92. The van der Waals surface area contributed by atoms with E-state index < -0.39 is 7.12 Å². The number of benzene rings is 5. The molecule has 0 saturated carbocycles. The van der Waals surface area contributed by atoms with Crippen LogP contribution < -0.4 is 5.46 Å². The van der Waals surface area contributed by atoms with Gasteiger partial charge in [0.25, 0.3) is 0 Å².